The molecule has 0 saturated heterocycles. The number of nitrogens with zero attached hydrogens (tertiary/aromatic N) is 2. The fourth-order valence-corrected chi connectivity index (χ4v) is 2.38. The third-order valence-corrected chi connectivity index (χ3v) is 3.43. The second kappa shape index (κ2) is 5.90. The topological polar surface area (TPSA) is 45.2 Å². The Kier molecular flexibility index (Phi) is 4.23. The zero-order chi connectivity index (χ0) is 14.7. The predicted molar refractivity (Wildman–Crippen MR) is 83.1 cm³/mol. The van der Waals surface area contributed by atoms with Gasteiger partial charge in [-0.25, -0.2) is 4.98 Å². The highest BCUT2D eigenvalue weighted by molar-refractivity contribution is 6.07. The lowest BCUT2D eigenvalue weighted by Gasteiger charge is -2.26. The minimum atomic E-state index is 0.0533. The number of amides is 1. The lowest BCUT2D eigenvalue weighted by molar-refractivity contribution is 0.0719. The van der Waals surface area contributed by atoms with Crippen molar-refractivity contribution in [2.24, 2.45) is 0 Å². The number of benzene rings is 1. The Hall–Kier alpha value is -2.10. The second-order valence-electron chi connectivity index (χ2n) is 5.01. The molecule has 1 amide bonds. The number of hydrogen-bond donors (Lipinski definition) is 1. The Morgan fingerprint density at radius 1 is 1.35 bits per heavy atom. The van der Waals surface area contributed by atoms with Gasteiger partial charge in [-0.15, -0.1) is 0 Å². The summed E-state index contributed by atoms with van der Waals surface area (Å²) in [5.74, 6) is 0.768. The zero-order valence-electron chi connectivity index (χ0n) is 12.5. The van der Waals surface area contributed by atoms with E-state index in [1.807, 2.05) is 63.1 Å². The van der Waals surface area contributed by atoms with Gasteiger partial charge in [-0.3, -0.25) is 4.79 Å². The number of aromatic nitrogens is 1. The van der Waals surface area contributed by atoms with Crippen LogP contribution in [-0.4, -0.2) is 35.4 Å². The van der Waals surface area contributed by atoms with Gasteiger partial charge in [-0.2, -0.15) is 0 Å². The highest BCUT2D eigenvalue weighted by Gasteiger charge is 2.20. The van der Waals surface area contributed by atoms with Gasteiger partial charge < -0.3 is 10.2 Å². The molecule has 106 valence electrons. The SMILES string of the molecule is CCN(C(=O)c1cc(NC)nc2ccccc12)C(C)C. The van der Waals surface area contributed by atoms with Gasteiger partial charge in [0.1, 0.15) is 5.82 Å². The first-order chi connectivity index (χ1) is 9.58. The van der Waals surface area contributed by atoms with Crippen molar-refractivity contribution >= 4 is 22.6 Å². The molecular weight excluding hydrogens is 250 g/mol. The van der Waals surface area contributed by atoms with E-state index < -0.39 is 0 Å². The normalized spacial score (nSPS) is 10.8. The summed E-state index contributed by atoms with van der Waals surface area (Å²) < 4.78 is 0. The summed E-state index contributed by atoms with van der Waals surface area (Å²) in [7, 11) is 1.81. The van der Waals surface area contributed by atoms with Gasteiger partial charge in [0.05, 0.1) is 11.1 Å². The summed E-state index contributed by atoms with van der Waals surface area (Å²) in [4.78, 5) is 19.1. The summed E-state index contributed by atoms with van der Waals surface area (Å²) in [5, 5.41) is 3.92. The molecule has 0 bridgehead atoms. The summed E-state index contributed by atoms with van der Waals surface area (Å²) in [6.45, 7) is 6.76. The van der Waals surface area contributed by atoms with Crippen LogP contribution in [0.4, 0.5) is 5.82 Å². The number of carbonyl (C=O) groups excluding carboxylic acids is 1. The van der Waals surface area contributed by atoms with E-state index in [1.54, 1.807) is 0 Å². The quantitative estimate of drug-likeness (QED) is 0.929. The second-order valence-corrected chi connectivity index (χ2v) is 5.01. The molecule has 0 saturated carbocycles. The van der Waals surface area contributed by atoms with Crippen molar-refractivity contribution in [2.45, 2.75) is 26.8 Å². The molecule has 0 aliphatic rings. The minimum absolute atomic E-state index is 0.0533. The average Bonchev–Trinajstić information content (AvgIpc) is 2.46. The molecule has 0 spiro atoms. The molecule has 0 atom stereocenters. The summed E-state index contributed by atoms with van der Waals surface area (Å²) >= 11 is 0. The van der Waals surface area contributed by atoms with Crippen LogP contribution >= 0.6 is 0 Å². The number of carbonyl (C=O) groups is 1. The number of pyridine rings is 1. The highest BCUT2D eigenvalue weighted by atomic mass is 16.2. The molecule has 4 nitrogen and oxygen atoms in total. The molecular formula is C16H21N3O. The van der Waals surface area contributed by atoms with Crippen LogP contribution in [0.5, 0.6) is 0 Å². The van der Waals surface area contributed by atoms with Crippen LogP contribution in [0, 0.1) is 0 Å². The molecule has 2 rings (SSSR count). The van der Waals surface area contributed by atoms with E-state index in [0.717, 1.165) is 10.9 Å². The van der Waals surface area contributed by atoms with E-state index in [2.05, 4.69) is 10.3 Å². The van der Waals surface area contributed by atoms with Crippen molar-refractivity contribution in [1.29, 1.82) is 0 Å². The average molecular weight is 271 g/mol. The Morgan fingerprint density at radius 2 is 2.05 bits per heavy atom. The molecule has 1 aromatic carbocycles. The molecule has 1 heterocycles. The van der Waals surface area contributed by atoms with Crippen LogP contribution in [0.15, 0.2) is 30.3 Å². The molecule has 0 fully saturated rings. The van der Waals surface area contributed by atoms with Crippen molar-refractivity contribution in [3.8, 4) is 0 Å². The van der Waals surface area contributed by atoms with E-state index >= 15 is 0 Å². The predicted octanol–water partition coefficient (Wildman–Crippen LogP) is 3.15. The van der Waals surface area contributed by atoms with E-state index in [0.29, 0.717) is 17.9 Å². The maximum absolute atomic E-state index is 12.8. The molecule has 0 radical (unpaired) electrons. The van der Waals surface area contributed by atoms with Crippen molar-refractivity contribution in [3.63, 3.8) is 0 Å². The van der Waals surface area contributed by atoms with E-state index in [1.165, 1.54) is 0 Å². The number of nitrogens with one attached hydrogen (secondary N) is 1. The molecule has 1 aromatic heterocycles. The van der Waals surface area contributed by atoms with Crippen LogP contribution in [0.2, 0.25) is 0 Å². The van der Waals surface area contributed by atoms with Crippen molar-refractivity contribution in [2.75, 3.05) is 18.9 Å². The Balaban J connectivity index is 2.60. The zero-order valence-corrected chi connectivity index (χ0v) is 12.5. The Bertz CT molecular complexity index is 622. The van der Waals surface area contributed by atoms with Gasteiger partial charge in [0.2, 0.25) is 0 Å². The van der Waals surface area contributed by atoms with Crippen LogP contribution < -0.4 is 5.32 Å². The summed E-state index contributed by atoms with van der Waals surface area (Å²) in [6.07, 6.45) is 0. The summed E-state index contributed by atoms with van der Waals surface area (Å²) in [6, 6.07) is 9.75. The number of rotatable bonds is 4. The number of para-hydroxylation sites is 1. The highest BCUT2D eigenvalue weighted by Crippen LogP contribution is 2.22. The maximum atomic E-state index is 12.8. The number of hydrogen-bond acceptors (Lipinski definition) is 3. The van der Waals surface area contributed by atoms with Crippen molar-refractivity contribution in [3.05, 3.63) is 35.9 Å². The number of fused-ring (bicyclic) bond motifs is 1. The molecule has 0 aliphatic carbocycles. The van der Waals surface area contributed by atoms with Crippen LogP contribution in [0.25, 0.3) is 10.9 Å². The van der Waals surface area contributed by atoms with Crippen LogP contribution in [-0.2, 0) is 0 Å². The molecule has 0 unspecified atom stereocenters. The smallest absolute Gasteiger partial charge is 0.254 e. The van der Waals surface area contributed by atoms with Crippen molar-refractivity contribution < 1.29 is 4.79 Å². The molecule has 20 heavy (non-hydrogen) atoms. The monoisotopic (exact) mass is 271 g/mol. The fraction of sp³-hybridized carbons (Fsp3) is 0.375. The van der Waals surface area contributed by atoms with Gasteiger partial charge >= 0.3 is 0 Å². The molecule has 2 aromatic rings. The van der Waals surface area contributed by atoms with Gasteiger partial charge in [-0.05, 0) is 32.9 Å². The fourth-order valence-electron chi connectivity index (χ4n) is 2.38. The van der Waals surface area contributed by atoms with E-state index in [9.17, 15) is 4.79 Å². The number of anilines is 1. The van der Waals surface area contributed by atoms with Gasteiger partial charge in [0, 0.05) is 25.0 Å². The minimum Gasteiger partial charge on any atom is -0.373 e. The maximum Gasteiger partial charge on any atom is 0.254 e. The van der Waals surface area contributed by atoms with Crippen LogP contribution in [0.1, 0.15) is 31.1 Å². The third kappa shape index (κ3) is 2.59. The summed E-state index contributed by atoms with van der Waals surface area (Å²) in [5.41, 5.74) is 1.54. The van der Waals surface area contributed by atoms with Crippen molar-refractivity contribution in [1.82, 2.24) is 9.88 Å². The first-order valence-corrected chi connectivity index (χ1v) is 6.97. The lowest BCUT2D eigenvalue weighted by Crippen LogP contribution is -2.36. The van der Waals surface area contributed by atoms with E-state index in [4.69, 9.17) is 0 Å². The standard InChI is InChI=1S/C16H21N3O/c1-5-19(11(2)3)16(20)13-10-15(17-4)18-14-9-7-6-8-12(13)14/h6-11H,5H2,1-4H3,(H,17,18). The van der Waals surface area contributed by atoms with Gasteiger partial charge in [-0.1, -0.05) is 18.2 Å². The van der Waals surface area contributed by atoms with Crippen LogP contribution in [0.3, 0.4) is 0 Å². The van der Waals surface area contributed by atoms with Gasteiger partial charge in [0.25, 0.3) is 5.91 Å². The molecule has 4 heteroatoms. The molecule has 0 aliphatic heterocycles. The Morgan fingerprint density at radius 3 is 2.65 bits per heavy atom. The van der Waals surface area contributed by atoms with Gasteiger partial charge in [0.15, 0.2) is 0 Å². The third-order valence-electron chi connectivity index (χ3n) is 3.43. The first kappa shape index (κ1) is 14.3. The Labute approximate surface area is 119 Å². The largest absolute Gasteiger partial charge is 0.373 e. The lowest BCUT2D eigenvalue weighted by atomic mass is 10.1. The molecule has 1 N–H and O–H groups in total. The van der Waals surface area contributed by atoms with E-state index in [-0.39, 0.29) is 11.9 Å². The first-order valence-electron chi connectivity index (χ1n) is 6.97.